The van der Waals surface area contributed by atoms with Gasteiger partial charge >= 0.3 is 6.09 Å². The lowest BCUT2D eigenvalue weighted by Crippen LogP contribution is -2.33. The van der Waals surface area contributed by atoms with Gasteiger partial charge in [-0.2, -0.15) is 0 Å². The molecule has 1 aromatic heterocycles. The third-order valence-electron chi connectivity index (χ3n) is 3.28. The number of amides is 1. The molecule has 126 valence electrons. The number of ketones is 1. The Balaban J connectivity index is 1.76. The highest BCUT2D eigenvalue weighted by molar-refractivity contribution is 6.00. The van der Waals surface area contributed by atoms with Gasteiger partial charge in [0.05, 0.1) is 5.56 Å². The largest absolute Gasteiger partial charge is 0.444 e. The second-order valence-electron chi connectivity index (χ2n) is 6.77. The van der Waals surface area contributed by atoms with E-state index in [1.54, 1.807) is 18.3 Å². The van der Waals surface area contributed by atoms with E-state index in [1.165, 1.54) is 0 Å². The number of nitrogens with zero attached hydrogens (tertiary/aromatic N) is 1. The molecule has 23 heavy (non-hydrogen) atoms. The summed E-state index contributed by atoms with van der Waals surface area (Å²) in [6, 6.07) is 4.01. The molecule has 0 unspecified atom stereocenters. The quantitative estimate of drug-likeness (QED) is 0.596. The Bertz CT molecular complexity index is 562. The van der Waals surface area contributed by atoms with Gasteiger partial charge in [-0.3, -0.25) is 4.79 Å². The minimum absolute atomic E-state index is 0.0345. The predicted octanol–water partition coefficient (Wildman–Crippen LogP) is 3.14. The van der Waals surface area contributed by atoms with Crippen LogP contribution < -0.4 is 10.6 Å². The van der Waals surface area contributed by atoms with E-state index in [0.717, 1.165) is 12.8 Å². The molecule has 0 aromatic carbocycles. The molecule has 0 radical (unpaired) electrons. The van der Waals surface area contributed by atoms with Crippen LogP contribution in [0.2, 0.25) is 0 Å². The summed E-state index contributed by atoms with van der Waals surface area (Å²) in [5.74, 6) is 0.701. The monoisotopic (exact) mass is 319 g/mol. The molecule has 6 heteroatoms. The Morgan fingerprint density at radius 2 is 2.09 bits per heavy atom. The van der Waals surface area contributed by atoms with Gasteiger partial charge in [-0.15, -0.1) is 0 Å². The standard InChI is InChI=1S/C17H25N3O3/c1-17(2,3)23-16(22)19-11-5-7-14(21)13-6-4-10-18-15(13)20-12-8-9-12/h4,6,10,12H,5,7-9,11H2,1-3H3,(H,18,20)(H,19,22). The lowest BCUT2D eigenvalue weighted by atomic mass is 10.1. The van der Waals surface area contributed by atoms with Crippen LogP contribution in [0.25, 0.3) is 0 Å². The van der Waals surface area contributed by atoms with Crippen molar-refractivity contribution in [3.63, 3.8) is 0 Å². The van der Waals surface area contributed by atoms with Crippen molar-refractivity contribution in [3.8, 4) is 0 Å². The molecule has 1 amide bonds. The SMILES string of the molecule is CC(C)(C)OC(=O)NCCCC(=O)c1cccnc1NC1CC1. The van der Waals surface area contributed by atoms with E-state index in [4.69, 9.17) is 4.74 Å². The smallest absolute Gasteiger partial charge is 0.407 e. The normalized spacial score (nSPS) is 14.2. The highest BCUT2D eigenvalue weighted by Crippen LogP contribution is 2.25. The van der Waals surface area contributed by atoms with E-state index in [2.05, 4.69) is 15.6 Å². The molecule has 0 spiro atoms. The first-order valence-corrected chi connectivity index (χ1v) is 8.07. The number of rotatable bonds is 7. The first-order chi connectivity index (χ1) is 10.8. The van der Waals surface area contributed by atoms with Gasteiger partial charge in [0.15, 0.2) is 5.78 Å². The summed E-state index contributed by atoms with van der Waals surface area (Å²) in [5.41, 5.74) is 0.107. The van der Waals surface area contributed by atoms with Crippen molar-refractivity contribution in [1.29, 1.82) is 0 Å². The predicted molar refractivity (Wildman–Crippen MR) is 88.7 cm³/mol. The average molecular weight is 319 g/mol. The molecule has 2 rings (SSSR count). The van der Waals surface area contributed by atoms with Gasteiger partial charge < -0.3 is 15.4 Å². The van der Waals surface area contributed by atoms with Crippen LogP contribution in [0, 0.1) is 0 Å². The van der Waals surface area contributed by atoms with Gasteiger partial charge in [-0.05, 0) is 52.2 Å². The lowest BCUT2D eigenvalue weighted by Gasteiger charge is -2.19. The van der Waals surface area contributed by atoms with Gasteiger partial charge in [-0.25, -0.2) is 9.78 Å². The Labute approximate surface area is 137 Å². The van der Waals surface area contributed by atoms with E-state index in [0.29, 0.717) is 36.8 Å². The van der Waals surface area contributed by atoms with Crippen molar-refractivity contribution in [1.82, 2.24) is 10.3 Å². The summed E-state index contributed by atoms with van der Waals surface area (Å²) in [6.45, 7) is 5.85. The van der Waals surface area contributed by atoms with Crippen molar-refractivity contribution in [2.75, 3.05) is 11.9 Å². The zero-order chi connectivity index (χ0) is 16.9. The van der Waals surface area contributed by atoms with Crippen LogP contribution in [0.1, 0.15) is 56.8 Å². The molecule has 1 aromatic rings. The number of pyridine rings is 1. The molecule has 0 aliphatic heterocycles. The van der Waals surface area contributed by atoms with Crippen LogP contribution in [0.15, 0.2) is 18.3 Å². The lowest BCUT2D eigenvalue weighted by molar-refractivity contribution is 0.0525. The Hall–Kier alpha value is -2.11. The highest BCUT2D eigenvalue weighted by Gasteiger charge is 2.23. The van der Waals surface area contributed by atoms with Crippen molar-refractivity contribution in [2.45, 2.75) is 58.1 Å². The van der Waals surface area contributed by atoms with Crippen molar-refractivity contribution in [3.05, 3.63) is 23.9 Å². The minimum atomic E-state index is -0.515. The molecule has 0 saturated heterocycles. The first-order valence-electron chi connectivity index (χ1n) is 8.07. The third-order valence-corrected chi connectivity index (χ3v) is 3.28. The molecule has 0 bridgehead atoms. The number of hydrogen-bond acceptors (Lipinski definition) is 5. The number of ether oxygens (including phenoxy) is 1. The molecule has 2 N–H and O–H groups in total. The van der Waals surface area contributed by atoms with Crippen LogP contribution in [0.4, 0.5) is 10.6 Å². The van der Waals surface area contributed by atoms with Crippen molar-refractivity contribution in [2.24, 2.45) is 0 Å². The fraction of sp³-hybridized carbons (Fsp3) is 0.588. The van der Waals surface area contributed by atoms with Crippen LogP contribution in [-0.2, 0) is 4.74 Å². The average Bonchev–Trinajstić information content (AvgIpc) is 3.26. The number of carbonyl (C=O) groups is 2. The molecular weight excluding hydrogens is 294 g/mol. The second-order valence-corrected chi connectivity index (χ2v) is 6.77. The van der Waals surface area contributed by atoms with Crippen molar-refractivity contribution >= 4 is 17.7 Å². The first kappa shape index (κ1) is 17.2. The van der Waals surface area contributed by atoms with E-state index in [9.17, 15) is 9.59 Å². The Kier molecular flexibility index (Phi) is 5.58. The number of hydrogen-bond donors (Lipinski definition) is 2. The van der Waals surface area contributed by atoms with Gasteiger partial charge in [0, 0.05) is 25.2 Å². The molecule has 1 heterocycles. The minimum Gasteiger partial charge on any atom is -0.444 e. The van der Waals surface area contributed by atoms with Gasteiger partial charge in [-0.1, -0.05) is 0 Å². The van der Waals surface area contributed by atoms with Crippen LogP contribution in [0.3, 0.4) is 0 Å². The topological polar surface area (TPSA) is 80.3 Å². The van der Waals surface area contributed by atoms with E-state index < -0.39 is 11.7 Å². The molecule has 1 aliphatic carbocycles. The summed E-state index contributed by atoms with van der Waals surface area (Å²) < 4.78 is 5.14. The van der Waals surface area contributed by atoms with Gasteiger partial charge in [0.2, 0.25) is 0 Å². The number of nitrogens with one attached hydrogen (secondary N) is 2. The molecule has 0 atom stereocenters. The molecule has 1 saturated carbocycles. The molecule has 1 fully saturated rings. The molecule has 1 aliphatic rings. The maximum absolute atomic E-state index is 12.3. The van der Waals surface area contributed by atoms with Crippen LogP contribution in [-0.4, -0.2) is 35.0 Å². The Morgan fingerprint density at radius 1 is 1.35 bits per heavy atom. The summed E-state index contributed by atoms with van der Waals surface area (Å²) in [5, 5.41) is 5.94. The fourth-order valence-electron chi connectivity index (χ4n) is 2.05. The summed E-state index contributed by atoms with van der Waals surface area (Å²) in [7, 11) is 0. The zero-order valence-electron chi connectivity index (χ0n) is 14.0. The van der Waals surface area contributed by atoms with E-state index in [1.807, 2.05) is 20.8 Å². The van der Waals surface area contributed by atoms with E-state index >= 15 is 0 Å². The number of Topliss-reactive ketones (excluding diaryl/α,β-unsaturated/α-hetero) is 1. The summed E-state index contributed by atoms with van der Waals surface area (Å²) >= 11 is 0. The van der Waals surface area contributed by atoms with Gasteiger partial charge in [0.1, 0.15) is 11.4 Å². The summed E-state index contributed by atoms with van der Waals surface area (Å²) in [6.07, 6.45) is 4.42. The maximum atomic E-state index is 12.3. The number of alkyl carbamates (subject to hydrolysis) is 1. The van der Waals surface area contributed by atoms with Gasteiger partial charge in [0.25, 0.3) is 0 Å². The van der Waals surface area contributed by atoms with Crippen LogP contribution in [0.5, 0.6) is 0 Å². The number of anilines is 1. The Morgan fingerprint density at radius 3 is 2.74 bits per heavy atom. The van der Waals surface area contributed by atoms with Crippen LogP contribution >= 0.6 is 0 Å². The highest BCUT2D eigenvalue weighted by atomic mass is 16.6. The van der Waals surface area contributed by atoms with Crippen molar-refractivity contribution < 1.29 is 14.3 Å². The third kappa shape index (κ3) is 6.26. The maximum Gasteiger partial charge on any atom is 0.407 e. The fourth-order valence-corrected chi connectivity index (χ4v) is 2.05. The molecular formula is C17H25N3O3. The number of aromatic nitrogens is 1. The zero-order valence-corrected chi connectivity index (χ0v) is 14.0. The molecule has 6 nitrogen and oxygen atoms in total. The number of carbonyl (C=O) groups excluding carboxylic acids is 2. The van der Waals surface area contributed by atoms with E-state index in [-0.39, 0.29) is 5.78 Å². The second kappa shape index (κ2) is 7.44. The summed E-state index contributed by atoms with van der Waals surface area (Å²) in [4.78, 5) is 28.1.